The van der Waals surface area contributed by atoms with Gasteiger partial charge >= 0.3 is 0 Å². The molecule has 0 aliphatic carbocycles. The zero-order chi connectivity index (χ0) is 12.3. The second kappa shape index (κ2) is 5.62. The van der Waals surface area contributed by atoms with Crippen LogP contribution in [0.1, 0.15) is 31.5 Å². The first-order valence-electron chi connectivity index (χ1n) is 6.33. The van der Waals surface area contributed by atoms with Crippen molar-refractivity contribution >= 4 is 0 Å². The maximum Gasteiger partial charge on any atom is 0.0949 e. The topological polar surface area (TPSA) is 67.3 Å². The van der Waals surface area contributed by atoms with Gasteiger partial charge in [-0.25, -0.2) is 4.98 Å². The summed E-state index contributed by atoms with van der Waals surface area (Å²) < 4.78 is 2.06. The predicted molar refractivity (Wildman–Crippen MR) is 66.5 cm³/mol. The molecule has 1 aromatic rings. The molecule has 5 heteroatoms. The van der Waals surface area contributed by atoms with Crippen molar-refractivity contribution in [2.45, 2.75) is 38.4 Å². The van der Waals surface area contributed by atoms with Gasteiger partial charge in [-0.3, -0.25) is 4.90 Å². The van der Waals surface area contributed by atoms with Crippen molar-refractivity contribution in [3.8, 4) is 0 Å². The van der Waals surface area contributed by atoms with Crippen LogP contribution < -0.4 is 5.73 Å². The van der Waals surface area contributed by atoms with E-state index in [0.717, 1.165) is 12.2 Å². The molecule has 0 aromatic carbocycles. The SMILES string of the molecule is CC(Cn1cncc1C(N)CO)N1CCCC1. The molecule has 0 radical (unpaired) electrons. The highest BCUT2D eigenvalue weighted by Crippen LogP contribution is 2.15. The Balaban J connectivity index is 2.00. The summed E-state index contributed by atoms with van der Waals surface area (Å²) in [6, 6.07) is 0.166. The minimum Gasteiger partial charge on any atom is -0.394 e. The molecular weight excluding hydrogens is 216 g/mol. The first-order chi connectivity index (χ1) is 8.22. The third-order valence-electron chi connectivity index (χ3n) is 3.55. The number of nitrogens with zero attached hydrogens (tertiary/aromatic N) is 3. The minimum atomic E-state index is -0.330. The van der Waals surface area contributed by atoms with E-state index < -0.39 is 0 Å². The normalized spacial score (nSPS) is 20.6. The summed E-state index contributed by atoms with van der Waals surface area (Å²) in [7, 11) is 0. The van der Waals surface area contributed by atoms with Crippen molar-refractivity contribution in [3.63, 3.8) is 0 Å². The summed E-state index contributed by atoms with van der Waals surface area (Å²) in [6.45, 7) is 5.47. The van der Waals surface area contributed by atoms with E-state index >= 15 is 0 Å². The van der Waals surface area contributed by atoms with E-state index in [9.17, 15) is 0 Å². The highest BCUT2D eigenvalue weighted by Gasteiger charge is 2.19. The van der Waals surface area contributed by atoms with Gasteiger partial charge in [-0.15, -0.1) is 0 Å². The molecule has 1 aromatic heterocycles. The smallest absolute Gasteiger partial charge is 0.0949 e. The van der Waals surface area contributed by atoms with Crippen LogP contribution in [0.15, 0.2) is 12.5 Å². The molecule has 0 bridgehead atoms. The Morgan fingerprint density at radius 1 is 1.47 bits per heavy atom. The van der Waals surface area contributed by atoms with Crippen molar-refractivity contribution in [2.75, 3.05) is 19.7 Å². The molecule has 0 saturated carbocycles. The molecule has 5 nitrogen and oxygen atoms in total. The molecule has 2 atom stereocenters. The maximum absolute atomic E-state index is 9.10. The Labute approximate surface area is 102 Å². The van der Waals surface area contributed by atoms with Gasteiger partial charge in [0.05, 0.1) is 24.7 Å². The van der Waals surface area contributed by atoms with Crippen molar-refractivity contribution in [3.05, 3.63) is 18.2 Å². The zero-order valence-electron chi connectivity index (χ0n) is 10.4. The second-order valence-electron chi connectivity index (χ2n) is 4.85. The molecule has 1 fully saturated rings. The number of aliphatic hydroxyl groups excluding tert-OH is 1. The molecule has 0 spiro atoms. The molecule has 1 aliphatic heterocycles. The van der Waals surface area contributed by atoms with Gasteiger partial charge in [-0.05, 0) is 32.9 Å². The molecule has 2 unspecified atom stereocenters. The molecule has 2 heterocycles. The van der Waals surface area contributed by atoms with Crippen molar-refractivity contribution in [1.29, 1.82) is 0 Å². The Morgan fingerprint density at radius 3 is 2.82 bits per heavy atom. The summed E-state index contributed by atoms with van der Waals surface area (Å²) in [6.07, 6.45) is 6.16. The Morgan fingerprint density at radius 2 is 2.18 bits per heavy atom. The highest BCUT2D eigenvalue weighted by atomic mass is 16.3. The number of aromatic nitrogens is 2. The van der Waals surface area contributed by atoms with Gasteiger partial charge in [-0.2, -0.15) is 0 Å². The molecule has 3 N–H and O–H groups in total. The van der Waals surface area contributed by atoms with E-state index in [1.165, 1.54) is 25.9 Å². The van der Waals surface area contributed by atoms with Crippen molar-refractivity contribution < 1.29 is 5.11 Å². The quantitative estimate of drug-likeness (QED) is 0.777. The highest BCUT2D eigenvalue weighted by molar-refractivity contribution is 5.04. The molecule has 96 valence electrons. The Kier molecular flexibility index (Phi) is 4.15. The van der Waals surface area contributed by atoms with Gasteiger partial charge < -0.3 is 15.4 Å². The van der Waals surface area contributed by atoms with Gasteiger partial charge in [-0.1, -0.05) is 0 Å². The van der Waals surface area contributed by atoms with E-state index in [1.807, 2.05) is 0 Å². The van der Waals surface area contributed by atoms with E-state index in [2.05, 4.69) is 21.4 Å². The van der Waals surface area contributed by atoms with E-state index in [1.54, 1.807) is 12.5 Å². The number of aliphatic hydroxyl groups is 1. The number of imidazole rings is 1. The summed E-state index contributed by atoms with van der Waals surface area (Å²) in [4.78, 5) is 6.62. The third kappa shape index (κ3) is 2.86. The number of hydrogen-bond acceptors (Lipinski definition) is 4. The second-order valence-corrected chi connectivity index (χ2v) is 4.85. The van der Waals surface area contributed by atoms with E-state index in [0.29, 0.717) is 6.04 Å². The van der Waals surface area contributed by atoms with Gasteiger partial charge in [0.15, 0.2) is 0 Å². The first kappa shape index (κ1) is 12.5. The van der Waals surface area contributed by atoms with Crippen LogP contribution >= 0.6 is 0 Å². The number of hydrogen-bond donors (Lipinski definition) is 2. The lowest BCUT2D eigenvalue weighted by Crippen LogP contribution is -2.34. The average Bonchev–Trinajstić information content (AvgIpc) is 2.98. The minimum absolute atomic E-state index is 0.0379. The fourth-order valence-corrected chi connectivity index (χ4v) is 2.47. The largest absolute Gasteiger partial charge is 0.394 e. The maximum atomic E-state index is 9.10. The molecule has 1 saturated heterocycles. The van der Waals surface area contributed by atoms with E-state index in [-0.39, 0.29) is 12.6 Å². The molecule has 1 aliphatic rings. The molecular formula is C12H22N4O. The van der Waals surface area contributed by atoms with Crippen molar-refractivity contribution in [1.82, 2.24) is 14.5 Å². The average molecular weight is 238 g/mol. The zero-order valence-corrected chi connectivity index (χ0v) is 10.4. The molecule has 2 rings (SSSR count). The summed E-state index contributed by atoms with van der Waals surface area (Å²) in [5, 5.41) is 9.10. The van der Waals surface area contributed by atoms with Gasteiger partial charge in [0, 0.05) is 18.8 Å². The molecule has 17 heavy (non-hydrogen) atoms. The third-order valence-corrected chi connectivity index (χ3v) is 3.55. The van der Waals surface area contributed by atoms with Crippen LogP contribution in [0.3, 0.4) is 0 Å². The fourth-order valence-electron chi connectivity index (χ4n) is 2.47. The van der Waals surface area contributed by atoms with Gasteiger partial charge in [0.25, 0.3) is 0 Å². The summed E-state index contributed by atoms with van der Waals surface area (Å²) >= 11 is 0. The van der Waals surface area contributed by atoms with Crippen molar-refractivity contribution in [2.24, 2.45) is 5.73 Å². The van der Waals surface area contributed by atoms with Crippen LogP contribution in [0.2, 0.25) is 0 Å². The fraction of sp³-hybridized carbons (Fsp3) is 0.750. The van der Waals surface area contributed by atoms with Crippen LogP contribution in [0.5, 0.6) is 0 Å². The van der Waals surface area contributed by atoms with Crippen LogP contribution in [0, 0.1) is 0 Å². The van der Waals surface area contributed by atoms with E-state index in [4.69, 9.17) is 10.8 Å². The standard InChI is InChI=1S/C12H22N4O/c1-10(15-4-2-3-5-15)7-16-9-14-6-12(16)11(13)8-17/h6,9-11,17H,2-5,7-8,13H2,1H3. The van der Waals surface area contributed by atoms with Gasteiger partial charge in [0.2, 0.25) is 0 Å². The Hall–Kier alpha value is -0.910. The Bertz CT molecular complexity index is 346. The number of nitrogens with two attached hydrogens (primary N) is 1. The van der Waals surface area contributed by atoms with Crippen LogP contribution in [0.25, 0.3) is 0 Å². The lowest BCUT2D eigenvalue weighted by Gasteiger charge is -2.25. The van der Waals surface area contributed by atoms with Gasteiger partial charge in [0.1, 0.15) is 0 Å². The van der Waals surface area contributed by atoms with Crippen LogP contribution in [-0.4, -0.2) is 45.3 Å². The van der Waals surface area contributed by atoms with Crippen LogP contribution in [-0.2, 0) is 6.54 Å². The summed E-state index contributed by atoms with van der Waals surface area (Å²) in [5.74, 6) is 0. The van der Waals surface area contributed by atoms with Crippen LogP contribution in [0.4, 0.5) is 0 Å². The summed E-state index contributed by atoms with van der Waals surface area (Å²) in [5.41, 5.74) is 6.76. The molecule has 0 amide bonds. The lowest BCUT2D eigenvalue weighted by atomic mass is 10.2. The number of rotatable bonds is 5. The number of likely N-dealkylation sites (tertiary alicyclic amines) is 1. The predicted octanol–water partition coefficient (Wildman–Crippen LogP) is 0.359. The lowest BCUT2D eigenvalue weighted by molar-refractivity contribution is 0.228. The monoisotopic (exact) mass is 238 g/mol. The first-order valence-corrected chi connectivity index (χ1v) is 6.33.